The van der Waals surface area contributed by atoms with Crippen molar-refractivity contribution in [2.45, 2.75) is 85.5 Å². The maximum Gasteiger partial charge on any atom is 0.135 e. The molecule has 6 heteroatoms. The molecule has 11 aromatic rings. The molecule has 79 heavy (non-hydrogen) atoms. The maximum atomic E-state index is 7.24. The van der Waals surface area contributed by atoms with Gasteiger partial charge in [-0.05, 0) is 91.8 Å². The Morgan fingerprint density at radius 3 is 1.54 bits per heavy atom. The van der Waals surface area contributed by atoms with Gasteiger partial charge in [-0.15, -0.1) is 53.8 Å². The molecule has 1 aliphatic rings. The van der Waals surface area contributed by atoms with Crippen molar-refractivity contribution in [3.8, 4) is 61.8 Å². The van der Waals surface area contributed by atoms with Crippen LogP contribution in [0, 0.1) is 25.7 Å². The molecule has 0 amide bonds. The molecule has 0 fully saturated rings. The number of nitrogens with zero attached hydrogens (tertiary/aromatic N) is 4. The Kier molecular flexibility index (Phi) is 13.9. The minimum atomic E-state index is -0.233. The molecule has 2 aromatic heterocycles. The molecule has 0 radical (unpaired) electrons. The van der Waals surface area contributed by atoms with Gasteiger partial charge in [-0.1, -0.05) is 231 Å². The maximum absolute atomic E-state index is 7.24. The van der Waals surface area contributed by atoms with Crippen molar-refractivity contribution in [2.75, 3.05) is 9.80 Å². The molecule has 0 saturated heterocycles. The zero-order valence-corrected chi connectivity index (χ0v) is 49.0. The zero-order valence-electron chi connectivity index (χ0n) is 46.7. The number of hydrogen-bond donors (Lipinski definition) is 0. The summed E-state index contributed by atoms with van der Waals surface area (Å²) in [5.41, 5.74) is 19.6. The van der Waals surface area contributed by atoms with Crippen molar-refractivity contribution in [1.29, 1.82) is 0 Å². The Balaban J connectivity index is 0.00000660. The molecular formula is C73H65N4OPt-3. The van der Waals surface area contributed by atoms with Crippen LogP contribution in [0.2, 0.25) is 0 Å². The third-order valence-corrected chi connectivity index (χ3v) is 15.4. The fourth-order valence-electron chi connectivity index (χ4n) is 11.0. The van der Waals surface area contributed by atoms with Crippen molar-refractivity contribution in [2.24, 2.45) is 0 Å². The first-order valence-electron chi connectivity index (χ1n) is 27.2. The number of rotatable bonds is 9. The molecule has 0 spiro atoms. The van der Waals surface area contributed by atoms with Crippen LogP contribution in [0.15, 0.2) is 206 Å². The zero-order chi connectivity index (χ0) is 54.1. The summed E-state index contributed by atoms with van der Waals surface area (Å²) in [5.74, 6) is 1.99. The van der Waals surface area contributed by atoms with Crippen molar-refractivity contribution in [1.82, 2.24) is 9.55 Å². The number of fused-ring (bicyclic) bond motifs is 4. The first-order chi connectivity index (χ1) is 37.5. The Morgan fingerprint density at radius 1 is 0.456 bits per heavy atom. The topological polar surface area (TPSA) is 33.5 Å². The number of hydrogen-bond acceptors (Lipinski definition) is 4. The number of ether oxygens (including phenoxy) is 1. The molecule has 0 N–H and O–H groups in total. The summed E-state index contributed by atoms with van der Waals surface area (Å²) in [6.07, 6.45) is 2.00. The van der Waals surface area contributed by atoms with Crippen LogP contribution in [0.25, 0.3) is 72.1 Å². The van der Waals surface area contributed by atoms with Gasteiger partial charge in [0.2, 0.25) is 0 Å². The average Bonchev–Trinajstić information content (AvgIpc) is 4.24. The smallest absolute Gasteiger partial charge is 0.135 e. The molecule has 396 valence electrons. The van der Waals surface area contributed by atoms with Crippen molar-refractivity contribution in [3.63, 3.8) is 0 Å². The van der Waals surface area contributed by atoms with Crippen LogP contribution in [0.5, 0.6) is 11.5 Å². The molecule has 9 aromatic carbocycles. The van der Waals surface area contributed by atoms with E-state index in [-0.39, 0.29) is 37.3 Å². The molecule has 0 atom stereocenters. The predicted octanol–water partition coefficient (Wildman–Crippen LogP) is 19.8. The van der Waals surface area contributed by atoms with Gasteiger partial charge in [0.1, 0.15) is 5.82 Å². The van der Waals surface area contributed by atoms with Crippen molar-refractivity contribution < 1.29 is 25.8 Å². The van der Waals surface area contributed by atoms with Crippen LogP contribution in [-0.4, -0.2) is 9.55 Å². The van der Waals surface area contributed by atoms with Gasteiger partial charge in [0.25, 0.3) is 0 Å². The number of anilines is 4. The Morgan fingerprint density at radius 2 is 0.962 bits per heavy atom. The van der Waals surface area contributed by atoms with Gasteiger partial charge >= 0.3 is 0 Å². The molecule has 1 aliphatic heterocycles. The van der Waals surface area contributed by atoms with Gasteiger partial charge in [0.05, 0.1) is 0 Å². The van der Waals surface area contributed by atoms with Gasteiger partial charge in [-0.3, -0.25) is 0 Å². The first-order valence-corrected chi connectivity index (χ1v) is 27.2. The molecule has 5 nitrogen and oxygen atoms in total. The number of pyridine rings is 1. The van der Waals surface area contributed by atoms with E-state index in [0.717, 1.165) is 106 Å². The predicted molar refractivity (Wildman–Crippen MR) is 327 cm³/mol. The molecule has 0 bridgehead atoms. The van der Waals surface area contributed by atoms with Crippen molar-refractivity contribution in [3.05, 3.63) is 247 Å². The van der Waals surface area contributed by atoms with Gasteiger partial charge in [0, 0.05) is 78.0 Å². The molecule has 0 saturated carbocycles. The molecular weight excluding hydrogens is 1140 g/mol. The van der Waals surface area contributed by atoms with E-state index in [1.165, 1.54) is 11.1 Å². The van der Waals surface area contributed by atoms with E-state index in [1.54, 1.807) is 0 Å². The van der Waals surface area contributed by atoms with Crippen LogP contribution >= 0.6 is 0 Å². The Labute approximate surface area is 481 Å². The summed E-state index contributed by atoms with van der Waals surface area (Å²) < 4.78 is 9.49. The third kappa shape index (κ3) is 10.1. The van der Waals surface area contributed by atoms with E-state index < -0.39 is 0 Å². The van der Waals surface area contributed by atoms with Crippen LogP contribution in [0.3, 0.4) is 0 Å². The van der Waals surface area contributed by atoms with E-state index >= 15 is 0 Å². The second-order valence-electron chi connectivity index (χ2n) is 23.9. The second kappa shape index (κ2) is 20.7. The standard InChI is InChI=1S/C73H65N4O.Pt/c1-48-40-68(74-46-63(48)50-24-15-12-16-25-50)77-64-29-18-17-26-61(64)69-62(52-34-38-54(39-35-52)72(5,6)7)44-58(45-67(69)77)78-57-42-55(73(8,9)10)41-56(43-57)75-47-76(66-31-20-19-30-65(66)75)70-59(49-22-13-11-14-23-49)27-21-28-60(70)51-32-36-53(37-33-51)71(2,3)4;/h11-42,44,46-47H,1-10H3;/q-3;. The molecule has 3 heterocycles. The van der Waals surface area contributed by atoms with Crippen LogP contribution in [0.1, 0.15) is 84.6 Å². The van der Waals surface area contributed by atoms with Gasteiger partial charge in [-0.25, -0.2) is 4.98 Å². The summed E-state index contributed by atoms with van der Waals surface area (Å²) >= 11 is 0. The van der Waals surface area contributed by atoms with Crippen molar-refractivity contribution >= 4 is 44.6 Å². The number of aromatic nitrogens is 2. The van der Waals surface area contributed by atoms with E-state index in [4.69, 9.17) is 9.72 Å². The molecule has 12 rings (SSSR count). The summed E-state index contributed by atoms with van der Waals surface area (Å²) in [7, 11) is 0. The summed E-state index contributed by atoms with van der Waals surface area (Å²) in [6.45, 7) is 24.7. The number of para-hydroxylation sites is 4. The quantitative estimate of drug-likeness (QED) is 0.135. The Hall–Kier alpha value is -7.98. The normalized spacial score (nSPS) is 12.7. The minimum Gasteiger partial charge on any atom is -0.509 e. The summed E-state index contributed by atoms with van der Waals surface area (Å²) in [4.78, 5) is 9.83. The van der Waals surface area contributed by atoms with E-state index in [0.29, 0.717) is 11.5 Å². The van der Waals surface area contributed by atoms with E-state index in [9.17, 15) is 0 Å². The number of benzene rings is 9. The second-order valence-corrected chi connectivity index (χ2v) is 23.9. The molecule has 0 unspecified atom stereocenters. The third-order valence-electron chi connectivity index (χ3n) is 15.4. The minimum absolute atomic E-state index is 0. The van der Waals surface area contributed by atoms with E-state index in [1.807, 2.05) is 12.3 Å². The van der Waals surface area contributed by atoms with Crippen LogP contribution in [0.4, 0.5) is 22.7 Å². The van der Waals surface area contributed by atoms with Crippen LogP contribution < -0.4 is 14.5 Å². The largest absolute Gasteiger partial charge is 0.509 e. The van der Waals surface area contributed by atoms with E-state index in [2.05, 4.69) is 297 Å². The fourth-order valence-corrected chi connectivity index (χ4v) is 11.0. The monoisotopic (exact) mass is 1210 g/mol. The van der Waals surface area contributed by atoms with Gasteiger partial charge in [0.15, 0.2) is 0 Å². The summed E-state index contributed by atoms with van der Waals surface area (Å²) in [5, 5.41) is 2.21. The first kappa shape index (κ1) is 53.0. The molecule has 0 aliphatic carbocycles. The average molecular weight is 1210 g/mol. The van der Waals surface area contributed by atoms with Crippen LogP contribution in [-0.2, 0) is 37.3 Å². The SMILES string of the molecule is Cc1cc(-n2c3[c-]c(Oc4[c-]c(N5[CH-]N(c6c(-c7ccccc7)cccc6-c6ccc(C(C)(C)C)cc6)c6ccccc65)cc(C(C)(C)C)c4)cc(-c4ccc(C(C)(C)C)cc4)c3c3ccccc32)ncc1-c1ccccc1.[Pt]. The van der Waals surface area contributed by atoms with Gasteiger partial charge in [-0.2, -0.15) is 0 Å². The fraction of sp³-hybridized carbons (Fsp3) is 0.178. The summed E-state index contributed by atoms with van der Waals surface area (Å²) in [6, 6.07) is 79.7. The number of aryl methyl sites for hydroxylation is 1. The van der Waals surface area contributed by atoms with Gasteiger partial charge < -0.3 is 19.1 Å². The Bertz CT molecular complexity index is 4030.